The highest BCUT2D eigenvalue weighted by Gasteiger charge is 2.33. The van der Waals surface area contributed by atoms with E-state index in [1.165, 1.54) is 5.56 Å². The first-order valence-electron chi connectivity index (χ1n) is 10.9. The number of fused-ring (bicyclic) bond motifs is 1. The zero-order chi connectivity index (χ0) is 22.9. The lowest BCUT2D eigenvalue weighted by molar-refractivity contribution is -0.116. The SMILES string of the molecule is CCOc1cccc(C2CC(=O)Nc3c2c(C)nn3-c2nncc(-c3ccc(C)cc3)n2)c1. The molecule has 0 radical (unpaired) electrons. The summed E-state index contributed by atoms with van der Waals surface area (Å²) in [6.07, 6.45) is 1.95. The minimum atomic E-state index is -0.142. The molecule has 4 aromatic rings. The predicted octanol–water partition coefficient (Wildman–Crippen LogP) is 4.21. The van der Waals surface area contributed by atoms with E-state index in [2.05, 4.69) is 25.6 Å². The second-order valence-electron chi connectivity index (χ2n) is 8.08. The summed E-state index contributed by atoms with van der Waals surface area (Å²) in [6, 6.07) is 15.9. The molecule has 1 atom stereocenters. The normalized spacial score (nSPS) is 15.1. The number of hydrogen-bond donors (Lipinski definition) is 1. The Labute approximate surface area is 191 Å². The van der Waals surface area contributed by atoms with Gasteiger partial charge in [-0.3, -0.25) is 4.79 Å². The summed E-state index contributed by atoms with van der Waals surface area (Å²) in [5, 5.41) is 16.0. The highest BCUT2D eigenvalue weighted by molar-refractivity contribution is 5.95. The molecule has 0 saturated heterocycles. The lowest BCUT2D eigenvalue weighted by Crippen LogP contribution is -2.25. The fourth-order valence-electron chi connectivity index (χ4n) is 4.21. The largest absolute Gasteiger partial charge is 0.494 e. The van der Waals surface area contributed by atoms with E-state index in [-0.39, 0.29) is 11.8 Å². The number of hydrogen-bond acceptors (Lipinski definition) is 6. The summed E-state index contributed by atoms with van der Waals surface area (Å²) in [6.45, 7) is 6.50. The lowest BCUT2D eigenvalue weighted by atomic mass is 9.86. The van der Waals surface area contributed by atoms with E-state index in [4.69, 9.17) is 4.74 Å². The standard InChI is InChI=1S/C25H24N6O2/c1-4-33-19-7-5-6-18(12-19)20-13-22(32)28-24-23(20)16(3)30-31(24)25-27-21(14-26-29-25)17-10-8-15(2)9-11-17/h5-12,14,20H,4,13H2,1-3H3,(H,28,32). The molecule has 33 heavy (non-hydrogen) atoms. The Kier molecular flexibility index (Phi) is 5.34. The Morgan fingerprint density at radius 1 is 1.15 bits per heavy atom. The van der Waals surface area contributed by atoms with E-state index >= 15 is 0 Å². The molecule has 2 aromatic heterocycles. The number of ether oxygens (including phenoxy) is 1. The number of rotatable bonds is 5. The number of amides is 1. The van der Waals surface area contributed by atoms with Crippen LogP contribution in [0.5, 0.6) is 5.75 Å². The van der Waals surface area contributed by atoms with E-state index in [1.54, 1.807) is 10.9 Å². The van der Waals surface area contributed by atoms with Crippen molar-refractivity contribution >= 4 is 11.7 Å². The summed E-state index contributed by atoms with van der Waals surface area (Å²) >= 11 is 0. The topological polar surface area (TPSA) is 94.8 Å². The van der Waals surface area contributed by atoms with Gasteiger partial charge in [0.25, 0.3) is 5.95 Å². The van der Waals surface area contributed by atoms with Crippen molar-refractivity contribution in [2.24, 2.45) is 0 Å². The van der Waals surface area contributed by atoms with Gasteiger partial charge in [-0.15, -0.1) is 5.10 Å². The molecule has 5 rings (SSSR count). The third-order valence-corrected chi connectivity index (χ3v) is 5.76. The highest BCUT2D eigenvalue weighted by atomic mass is 16.5. The number of aryl methyl sites for hydroxylation is 2. The molecule has 0 aliphatic carbocycles. The average Bonchev–Trinajstić information content (AvgIpc) is 3.15. The van der Waals surface area contributed by atoms with Gasteiger partial charge in [-0.2, -0.15) is 14.9 Å². The summed E-state index contributed by atoms with van der Waals surface area (Å²) in [4.78, 5) is 17.4. The van der Waals surface area contributed by atoms with E-state index in [9.17, 15) is 4.79 Å². The van der Waals surface area contributed by atoms with E-state index in [0.29, 0.717) is 30.5 Å². The van der Waals surface area contributed by atoms with Gasteiger partial charge in [-0.05, 0) is 38.5 Å². The summed E-state index contributed by atoms with van der Waals surface area (Å²) in [5.74, 6) is 1.44. The Balaban J connectivity index is 1.58. The quantitative estimate of drug-likeness (QED) is 0.499. The van der Waals surface area contributed by atoms with E-state index in [1.807, 2.05) is 69.3 Å². The van der Waals surface area contributed by atoms with Gasteiger partial charge in [-0.1, -0.05) is 42.0 Å². The Hall–Kier alpha value is -4.07. The van der Waals surface area contributed by atoms with Gasteiger partial charge in [0.05, 0.1) is 24.2 Å². The van der Waals surface area contributed by atoms with Crippen molar-refractivity contribution < 1.29 is 9.53 Å². The number of aromatic nitrogens is 5. The third kappa shape index (κ3) is 3.95. The van der Waals surface area contributed by atoms with Crippen LogP contribution in [0.4, 0.5) is 5.82 Å². The second-order valence-corrected chi connectivity index (χ2v) is 8.08. The van der Waals surface area contributed by atoms with Crippen molar-refractivity contribution in [2.45, 2.75) is 33.1 Å². The Morgan fingerprint density at radius 2 is 1.97 bits per heavy atom. The van der Waals surface area contributed by atoms with Crippen molar-refractivity contribution in [3.8, 4) is 23.0 Å². The molecule has 1 unspecified atom stereocenters. The number of nitrogens with zero attached hydrogens (tertiary/aromatic N) is 5. The van der Waals surface area contributed by atoms with E-state index < -0.39 is 0 Å². The van der Waals surface area contributed by atoms with Crippen LogP contribution >= 0.6 is 0 Å². The fraction of sp³-hybridized carbons (Fsp3) is 0.240. The molecule has 0 saturated carbocycles. The van der Waals surface area contributed by atoms with Crippen LogP contribution in [0.15, 0.2) is 54.7 Å². The van der Waals surface area contributed by atoms with Crippen molar-refractivity contribution in [2.75, 3.05) is 11.9 Å². The van der Waals surface area contributed by atoms with E-state index in [0.717, 1.165) is 28.1 Å². The van der Waals surface area contributed by atoms with Gasteiger partial charge < -0.3 is 10.1 Å². The molecular formula is C25H24N6O2. The van der Waals surface area contributed by atoms with Crippen LogP contribution in [0.25, 0.3) is 17.2 Å². The van der Waals surface area contributed by atoms with Crippen LogP contribution in [0.3, 0.4) is 0 Å². The van der Waals surface area contributed by atoms with Crippen molar-refractivity contribution in [1.82, 2.24) is 25.0 Å². The molecule has 166 valence electrons. The third-order valence-electron chi connectivity index (χ3n) is 5.76. The maximum atomic E-state index is 12.7. The van der Waals surface area contributed by atoms with Crippen LogP contribution < -0.4 is 10.1 Å². The molecule has 3 heterocycles. The van der Waals surface area contributed by atoms with Gasteiger partial charge in [0.15, 0.2) is 0 Å². The zero-order valence-corrected chi connectivity index (χ0v) is 18.7. The zero-order valence-electron chi connectivity index (χ0n) is 18.7. The molecule has 1 aliphatic rings. The minimum absolute atomic E-state index is 0.0851. The predicted molar refractivity (Wildman–Crippen MR) is 125 cm³/mol. The second kappa shape index (κ2) is 8.46. The van der Waals surface area contributed by atoms with Crippen LogP contribution in [0, 0.1) is 13.8 Å². The number of carbonyl (C=O) groups excluding carboxylic acids is 1. The monoisotopic (exact) mass is 440 g/mol. The van der Waals surface area contributed by atoms with Gasteiger partial charge in [0, 0.05) is 23.5 Å². The molecule has 0 fully saturated rings. The summed E-state index contributed by atoms with van der Waals surface area (Å²) in [7, 11) is 0. The number of carbonyl (C=O) groups is 1. The molecule has 0 spiro atoms. The first-order valence-corrected chi connectivity index (χ1v) is 10.9. The van der Waals surface area contributed by atoms with Gasteiger partial charge in [-0.25, -0.2) is 4.98 Å². The summed E-state index contributed by atoms with van der Waals surface area (Å²) in [5.41, 5.74) is 5.55. The molecule has 8 nitrogen and oxygen atoms in total. The first kappa shape index (κ1) is 20.8. The average molecular weight is 441 g/mol. The van der Waals surface area contributed by atoms with Crippen LogP contribution in [-0.4, -0.2) is 37.5 Å². The smallest absolute Gasteiger partial charge is 0.272 e. The number of anilines is 1. The molecule has 0 bridgehead atoms. The molecule has 8 heteroatoms. The molecular weight excluding hydrogens is 416 g/mol. The summed E-state index contributed by atoms with van der Waals surface area (Å²) < 4.78 is 7.25. The first-order chi connectivity index (χ1) is 16.0. The number of nitrogens with one attached hydrogen (secondary N) is 1. The Bertz CT molecular complexity index is 1330. The van der Waals surface area contributed by atoms with Crippen molar-refractivity contribution in [3.05, 3.63) is 77.1 Å². The van der Waals surface area contributed by atoms with Crippen molar-refractivity contribution in [3.63, 3.8) is 0 Å². The van der Waals surface area contributed by atoms with Crippen LogP contribution in [0.2, 0.25) is 0 Å². The lowest BCUT2D eigenvalue weighted by Gasteiger charge is -2.24. The van der Waals surface area contributed by atoms with Crippen molar-refractivity contribution in [1.29, 1.82) is 0 Å². The highest BCUT2D eigenvalue weighted by Crippen LogP contribution is 2.40. The van der Waals surface area contributed by atoms with Gasteiger partial charge in [0.2, 0.25) is 5.91 Å². The van der Waals surface area contributed by atoms with Crippen LogP contribution in [0.1, 0.15) is 41.6 Å². The molecule has 2 aromatic carbocycles. The molecule has 1 N–H and O–H groups in total. The van der Waals surface area contributed by atoms with Crippen LogP contribution in [-0.2, 0) is 4.79 Å². The molecule has 1 aliphatic heterocycles. The van der Waals surface area contributed by atoms with Gasteiger partial charge in [0.1, 0.15) is 11.6 Å². The molecule has 1 amide bonds. The van der Waals surface area contributed by atoms with Gasteiger partial charge >= 0.3 is 0 Å². The maximum absolute atomic E-state index is 12.7. The minimum Gasteiger partial charge on any atom is -0.494 e. The maximum Gasteiger partial charge on any atom is 0.272 e. The number of benzene rings is 2. The Morgan fingerprint density at radius 3 is 2.76 bits per heavy atom. The fourth-order valence-corrected chi connectivity index (χ4v) is 4.21.